The van der Waals surface area contributed by atoms with E-state index in [0.29, 0.717) is 24.3 Å². The summed E-state index contributed by atoms with van der Waals surface area (Å²) in [5.74, 6) is -0.232. The summed E-state index contributed by atoms with van der Waals surface area (Å²) >= 11 is 1.38. The summed E-state index contributed by atoms with van der Waals surface area (Å²) in [6.45, 7) is 0.499. The molecule has 1 amide bonds. The van der Waals surface area contributed by atoms with E-state index in [1.165, 1.54) is 25.4 Å². The molecule has 0 unspecified atom stereocenters. The highest BCUT2D eigenvalue weighted by molar-refractivity contribution is 7.89. The molecule has 28 heavy (non-hydrogen) atoms. The van der Waals surface area contributed by atoms with Crippen molar-refractivity contribution in [2.45, 2.75) is 11.3 Å². The third-order valence-corrected chi connectivity index (χ3v) is 7.35. The Balaban J connectivity index is 1.66. The molecule has 10 heteroatoms. The Morgan fingerprint density at radius 3 is 2.75 bits per heavy atom. The van der Waals surface area contributed by atoms with Gasteiger partial charge in [0, 0.05) is 50.5 Å². The predicted molar refractivity (Wildman–Crippen MR) is 107 cm³/mol. The number of aromatic nitrogens is 3. The summed E-state index contributed by atoms with van der Waals surface area (Å²) in [6.07, 6.45) is 4.23. The molecule has 3 aromatic rings. The van der Waals surface area contributed by atoms with Crippen molar-refractivity contribution in [3.05, 3.63) is 47.2 Å². The van der Waals surface area contributed by atoms with E-state index in [1.807, 2.05) is 13.2 Å². The van der Waals surface area contributed by atoms with Crippen LogP contribution in [0.5, 0.6) is 0 Å². The quantitative estimate of drug-likeness (QED) is 0.648. The summed E-state index contributed by atoms with van der Waals surface area (Å²) in [7, 11) is 1.23. The molecule has 0 aliphatic carbocycles. The molecule has 0 radical (unpaired) electrons. The molecule has 4 rings (SSSR count). The van der Waals surface area contributed by atoms with Crippen molar-refractivity contribution in [2.24, 2.45) is 7.05 Å². The second-order valence-corrected chi connectivity index (χ2v) is 9.74. The standard InChI is InChI=1S/C18H19N5O3S2/c1-21(2)28(25,26)14-5-4-12-6-7-23(16(12)8-14)18(24)15-11-27-17(20-15)13-9-19-22(3)10-13/h4-5,8-11H,6-7H2,1-3H3. The number of nitrogens with zero attached hydrogens (tertiary/aromatic N) is 5. The zero-order chi connectivity index (χ0) is 20.1. The van der Waals surface area contributed by atoms with Gasteiger partial charge in [0.15, 0.2) is 0 Å². The molecule has 0 spiro atoms. The number of hydrogen-bond acceptors (Lipinski definition) is 6. The lowest BCUT2D eigenvalue weighted by Crippen LogP contribution is -2.29. The summed E-state index contributed by atoms with van der Waals surface area (Å²) in [6, 6.07) is 4.94. The van der Waals surface area contributed by atoms with Gasteiger partial charge in [0.25, 0.3) is 5.91 Å². The first-order valence-corrected chi connectivity index (χ1v) is 10.9. The molecule has 8 nitrogen and oxygen atoms in total. The van der Waals surface area contributed by atoms with Crippen LogP contribution in [-0.4, -0.2) is 54.0 Å². The van der Waals surface area contributed by atoms with Crippen LogP contribution in [0.1, 0.15) is 16.1 Å². The molecular weight excluding hydrogens is 398 g/mol. The molecule has 2 aromatic heterocycles. The van der Waals surface area contributed by atoms with Crippen LogP contribution < -0.4 is 4.90 Å². The molecule has 3 heterocycles. The smallest absolute Gasteiger partial charge is 0.277 e. The lowest BCUT2D eigenvalue weighted by molar-refractivity contribution is 0.0985. The zero-order valence-corrected chi connectivity index (χ0v) is 17.3. The summed E-state index contributed by atoms with van der Waals surface area (Å²) < 4.78 is 27.7. The molecule has 0 bridgehead atoms. The van der Waals surface area contributed by atoms with Gasteiger partial charge in [0.1, 0.15) is 10.7 Å². The Labute approximate surface area is 167 Å². The fourth-order valence-corrected chi connectivity index (χ4v) is 4.81. The highest BCUT2D eigenvalue weighted by Gasteiger charge is 2.29. The van der Waals surface area contributed by atoms with Crippen LogP contribution in [0.25, 0.3) is 10.6 Å². The Hall–Kier alpha value is -2.56. The van der Waals surface area contributed by atoms with Crippen LogP contribution in [0.2, 0.25) is 0 Å². The minimum absolute atomic E-state index is 0.172. The minimum atomic E-state index is -3.57. The van der Waals surface area contributed by atoms with E-state index in [2.05, 4.69) is 10.1 Å². The molecule has 0 saturated carbocycles. The first-order chi connectivity index (χ1) is 13.3. The van der Waals surface area contributed by atoms with E-state index in [-0.39, 0.29) is 10.8 Å². The molecule has 0 N–H and O–H groups in total. The van der Waals surface area contributed by atoms with Crippen LogP contribution in [-0.2, 0) is 23.5 Å². The molecular formula is C18H19N5O3S2. The summed E-state index contributed by atoms with van der Waals surface area (Å²) in [4.78, 5) is 19.3. The van der Waals surface area contributed by atoms with Gasteiger partial charge in [-0.05, 0) is 24.1 Å². The molecule has 0 fully saturated rings. The van der Waals surface area contributed by atoms with Gasteiger partial charge >= 0.3 is 0 Å². The second-order valence-electron chi connectivity index (χ2n) is 6.73. The molecule has 1 aliphatic heterocycles. The SMILES string of the molecule is CN(C)S(=O)(=O)c1ccc2c(c1)N(C(=O)c1csc(-c3cnn(C)c3)n1)CC2. The van der Waals surface area contributed by atoms with Crippen molar-refractivity contribution in [1.29, 1.82) is 0 Å². The van der Waals surface area contributed by atoms with Crippen LogP contribution in [0, 0.1) is 0 Å². The van der Waals surface area contributed by atoms with Crippen molar-refractivity contribution in [3.8, 4) is 10.6 Å². The van der Waals surface area contributed by atoms with Gasteiger partial charge in [-0.25, -0.2) is 17.7 Å². The highest BCUT2D eigenvalue weighted by Crippen LogP contribution is 2.33. The number of hydrogen-bond donors (Lipinski definition) is 0. The van der Waals surface area contributed by atoms with E-state index < -0.39 is 10.0 Å². The van der Waals surface area contributed by atoms with Crippen LogP contribution in [0.4, 0.5) is 5.69 Å². The van der Waals surface area contributed by atoms with E-state index in [9.17, 15) is 13.2 Å². The molecule has 1 aliphatic rings. The lowest BCUT2D eigenvalue weighted by Gasteiger charge is -2.18. The largest absolute Gasteiger partial charge is 0.306 e. The zero-order valence-electron chi connectivity index (χ0n) is 15.7. The average Bonchev–Trinajstić information content (AvgIpc) is 3.39. The number of rotatable bonds is 4. The van der Waals surface area contributed by atoms with E-state index in [4.69, 9.17) is 0 Å². The number of thiazole rings is 1. The van der Waals surface area contributed by atoms with E-state index in [0.717, 1.165) is 20.4 Å². The number of benzene rings is 1. The maximum Gasteiger partial charge on any atom is 0.277 e. The number of fused-ring (bicyclic) bond motifs is 1. The lowest BCUT2D eigenvalue weighted by atomic mass is 10.2. The van der Waals surface area contributed by atoms with Crippen molar-refractivity contribution >= 4 is 33.0 Å². The van der Waals surface area contributed by atoms with Gasteiger partial charge in [0.05, 0.1) is 11.1 Å². The number of amides is 1. The Kier molecular flexibility index (Phi) is 4.56. The number of carbonyl (C=O) groups excluding carboxylic acids is 1. The fraction of sp³-hybridized carbons (Fsp3) is 0.278. The van der Waals surface area contributed by atoms with Crippen molar-refractivity contribution in [2.75, 3.05) is 25.5 Å². The predicted octanol–water partition coefficient (Wildman–Crippen LogP) is 2.00. The molecule has 0 atom stereocenters. The summed E-state index contributed by atoms with van der Waals surface area (Å²) in [5, 5.41) is 6.58. The van der Waals surface area contributed by atoms with Gasteiger partial charge in [-0.2, -0.15) is 5.10 Å². The second kappa shape index (κ2) is 6.80. The maximum atomic E-state index is 13.0. The van der Waals surface area contributed by atoms with Crippen LogP contribution in [0.15, 0.2) is 40.9 Å². The first kappa shape index (κ1) is 18.8. The van der Waals surface area contributed by atoms with Crippen molar-refractivity contribution in [3.63, 3.8) is 0 Å². The van der Waals surface area contributed by atoms with Crippen molar-refractivity contribution < 1.29 is 13.2 Å². The van der Waals surface area contributed by atoms with Crippen LogP contribution >= 0.6 is 11.3 Å². The number of anilines is 1. The van der Waals surface area contributed by atoms with E-state index in [1.54, 1.807) is 39.4 Å². The Morgan fingerprint density at radius 1 is 1.29 bits per heavy atom. The normalized spacial score (nSPS) is 13.9. The van der Waals surface area contributed by atoms with Gasteiger partial charge in [-0.3, -0.25) is 9.48 Å². The van der Waals surface area contributed by atoms with Crippen LogP contribution in [0.3, 0.4) is 0 Å². The topological polar surface area (TPSA) is 88.4 Å². The number of carbonyl (C=O) groups is 1. The maximum absolute atomic E-state index is 13.0. The minimum Gasteiger partial charge on any atom is -0.306 e. The van der Waals surface area contributed by atoms with E-state index >= 15 is 0 Å². The monoisotopic (exact) mass is 417 g/mol. The number of sulfonamides is 1. The molecule has 1 aromatic carbocycles. The summed E-state index contributed by atoms with van der Waals surface area (Å²) in [5.41, 5.74) is 2.78. The Morgan fingerprint density at radius 2 is 2.07 bits per heavy atom. The fourth-order valence-electron chi connectivity index (χ4n) is 3.12. The molecule has 0 saturated heterocycles. The number of aryl methyl sites for hydroxylation is 1. The van der Waals surface area contributed by atoms with Gasteiger partial charge in [-0.15, -0.1) is 11.3 Å². The van der Waals surface area contributed by atoms with Gasteiger partial charge in [0.2, 0.25) is 10.0 Å². The first-order valence-electron chi connectivity index (χ1n) is 8.59. The third-order valence-electron chi connectivity index (χ3n) is 4.65. The highest BCUT2D eigenvalue weighted by atomic mass is 32.2. The average molecular weight is 418 g/mol. The Bertz CT molecular complexity index is 1160. The van der Waals surface area contributed by atoms with Gasteiger partial charge in [-0.1, -0.05) is 6.07 Å². The molecule has 146 valence electrons. The third kappa shape index (κ3) is 3.13. The van der Waals surface area contributed by atoms with Gasteiger partial charge < -0.3 is 4.90 Å². The van der Waals surface area contributed by atoms with Crippen molar-refractivity contribution in [1.82, 2.24) is 19.1 Å².